The van der Waals surface area contributed by atoms with E-state index in [1.165, 1.54) is 0 Å². The van der Waals surface area contributed by atoms with Crippen molar-refractivity contribution in [3.05, 3.63) is 40.4 Å². The summed E-state index contributed by atoms with van der Waals surface area (Å²) in [4.78, 5) is 15.1. The van der Waals surface area contributed by atoms with Crippen LogP contribution >= 0.6 is 11.6 Å². The maximum atomic E-state index is 11.2. The van der Waals surface area contributed by atoms with Gasteiger partial charge >= 0.3 is 5.97 Å². The predicted octanol–water partition coefficient (Wildman–Crippen LogP) is 2.27. The quantitative estimate of drug-likeness (QED) is 0.915. The number of aromatic nitrogens is 4. The lowest BCUT2D eigenvalue weighted by Gasteiger charge is -2.10. The average Bonchev–Trinajstić information content (AvgIpc) is 2.75. The van der Waals surface area contributed by atoms with Gasteiger partial charge in [-0.1, -0.05) is 30.7 Å². The van der Waals surface area contributed by atoms with Crippen molar-refractivity contribution in [1.82, 2.24) is 20.0 Å². The number of hydrogen-bond donors (Lipinski definition) is 1. The van der Waals surface area contributed by atoms with Crippen LogP contribution in [0.2, 0.25) is 5.02 Å². The van der Waals surface area contributed by atoms with Crippen LogP contribution in [0.5, 0.6) is 0 Å². The van der Waals surface area contributed by atoms with E-state index in [0.29, 0.717) is 29.6 Å². The molecular weight excluding hydrogens is 280 g/mol. The molecule has 0 unspecified atom stereocenters. The fourth-order valence-corrected chi connectivity index (χ4v) is 2.09. The standard InChI is InChI=1S/C13H15ClN4O2/c1-8(2)5-11-12(13(19)20)16-17-18(11)7-9-3-4-15-6-10(9)14/h3-4,6,8H,5,7H2,1-2H3,(H,19,20). The molecule has 0 radical (unpaired) electrons. The second kappa shape index (κ2) is 6.00. The number of hydrogen-bond acceptors (Lipinski definition) is 4. The first kappa shape index (κ1) is 14.5. The summed E-state index contributed by atoms with van der Waals surface area (Å²) < 4.78 is 1.59. The summed E-state index contributed by atoms with van der Waals surface area (Å²) in [6.07, 6.45) is 3.78. The summed E-state index contributed by atoms with van der Waals surface area (Å²) in [6.45, 7) is 4.41. The Morgan fingerprint density at radius 1 is 1.50 bits per heavy atom. The molecule has 0 fully saturated rings. The normalized spacial score (nSPS) is 11.0. The van der Waals surface area contributed by atoms with Gasteiger partial charge < -0.3 is 5.11 Å². The molecule has 7 heteroatoms. The Balaban J connectivity index is 2.36. The van der Waals surface area contributed by atoms with E-state index in [1.54, 1.807) is 23.1 Å². The molecule has 106 valence electrons. The van der Waals surface area contributed by atoms with Gasteiger partial charge in [0.15, 0.2) is 5.69 Å². The molecule has 0 aliphatic carbocycles. The molecule has 2 aromatic rings. The van der Waals surface area contributed by atoms with Crippen LogP contribution in [-0.2, 0) is 13.0 Å². The third-order valence-electron chi connectivity index (χ3n) is 2.82. The molecule has 0 aliphatic heterocycles. The molecule has 20 heavy (non-hydrogen) atoms. The smallest absolute Gasteiger partial charge is 0.358 e. The van der Waals surface area contributed by atoms with Crippen molar-refractivity contribution in [3.8, 4) is 0 Å². The lowest BCUT2D eigenvalue weighted by molar-refractivity contribution is 0.0689. The van der Waals surface area contributed by atoms with Crippen molar-refractivity contribution >= 4 is 17.6 Å². The van der Waals surface area contributed by atoms with Gasteiger partial charge in [0, 0.05) is 12.4 Å². The highest BCUT2D eigenvalue weighted by molar-refractivity contribution is 6.31. The van der Waals surface area contributed by atoms with E-state index in [0.717, 1.165) is 5.56 Å². The molecule has 0 bridgehead atoms. The van der Waals surface area contributed by atoms with Gasteiger partial charge in [0.05, 0.1) is 17.3 Å². The highest BCUT2D eigenvalue weighted by Crippen LogP contribution is 2.18. The number of carbonyl (C=O) groups is 1. The van der Waals surface area contributed by atoms with Crippen molar-refractivity contribution < 1.29 is 9.90 Å². The first-order valence-corrected chi connectivity index (χ1v) is 6.61. The predicted molar refractivity (Wildman–Crippen MR) is 73.9 cm³/mol. The number of aromatic carboxylic acids is 1. The minimum Gasteiger partial charge on any atom is -0.476 e. The molecule has 0 spiro atoms. The van der Waals surface area contributed by atoms with Crippen LogP contribution in [0.4, 0.5) is 0 Å². The van der Waals surface area contributed by atoms with Gasteiger partial charge in [0.25, 0.3) is 0 Å². The largest absolute Gasteiger partial charge is 0.476 e. The summed E-state index contributed by atoms with van der Waals surface area (Å²) in [6, 6.07) is 1.78. The van der Waals surface area contributed by atoms with E-state index in [1.807, 2.05) is 13.8 Å². The molecule has 0 aliphatic rings. The second-order valence-electron chi connectivity index (χ2n) is 4.91. The Morgan fingerprint density at radius 3 is 2.85 bits per heavy atom. The van der Waals surface area contributed by atoms with E-state index in [-0.39, 0.29) is 5.69 Å². The van der Waals surface area contributed by atoms with E-state index in [4.69, 9.17) is 16.7 Å². The third kappa shape index (κ3) is 3.14. The summed E-state index contributed by atoms with van der Waals surface area (Å²) in [5, 5.41) is 17.4. The van der Waals surface area contributed by atoms with Crippen LogP contribution in [0.3, 0.4) is 0 Å². The zero-order chi connectivity index (χ0) is 14.7. The van der Waals surface area contributed by atoms with Gasteiger partial charge in [-0.2, -0.15) is 0 Å². The minimum absolute atomic E-state index is 0.00359. The Kier molecular flexibility index (Phi) is 4.34. The molecule has 2 rings (SSSR count). The van der Waals surface area contributed by atoms with Crippen molar-refractivity contribution in [2.24, 2.45) is 5.92 Å². The number of rotatable bonds is 5. The number of halogens is 1. The summed E-state index contributed by atoms with van der Waals surface area (Å²) in [5.74, 6) is -0.758. The van der Waals surface area contributed by atoms with Crippen molar-refractivity contribution in [3.63, 3.8) is 0 Å². The average molecular weight is 295 g/mol. The molecule has 0 amide bonds. The van der Waals surface area contributed by atoms with Gasteiger partial charge in [-0.05, 0) is 24.0 Å². The van der Waals surface area contributed by atoms with Gasteiger partial charge in [-0.15, -0.1) is 5.10 Å². The number of pyridine rings is 1. The van der Waals surface area contributed by atoms with Crippen molar-refractivity contribution in [2.75, 3.05) is 0 Å². The van der Waals surface area contributed by atoms with Crippen LogP contribution in [-0.4, -0.2) is 31.1 Å². The molecular formula is C13H15ClN4O2. The van der Waals surface area contributed by atoms with Gasteiger partial charge in [-0.25, -0.2) is 9.48 Å². The zero-order valence-corrected chi connectivity index (χ0v) is 12.0. The molecule has 2 heterocycles. The minimum atomic E-state index is -1.06. The van der Waals surface area contributed by atoms with E-state index in [2.05, 4.69) is 15.3 Å². The van der Waals surface area contributed by atoms with Crippen LogP contribution in [0, 0.1) is 5.92 Å². The number of carboxylic acid groups (broad SMARTS) is 1. The van der Waals surface area contributed by atoms with Crippen LogP contribution in [0.25, 0.3) is 0 Å². The topological polar surface area (TPSA) is 80.9 Å². The molecule has 0 atom stereocenters. The highest BCUT2D eigenvalue weighted by atomic mass is 35.5. The highest BCUT2D eigenvalue weighted by Gasteiger charge is 2.20. The van der Waals surface area contributed by atoms with Crippen LogP contribution < -0.4 is 0 Å². The fourth-order valence-electron chi connectivity index (χ4n) is 1.91. The van der Waals surface area contributed by atoms with Crippen molar-refractivity contribution in [2.45, 2.75) is 26.8 Å². The summed E-state index contributed by atoms with van der Waals surface area (Å²) in [7, 11) is 0. The van der Waals surface area contributed by atoms with E-state index in [9.17, 15) is 4.79 Å². The number of carboxylic acids is 1. The summed E-state index contributed by atoms with van der Waals surface area (Å²) in [5.41, 5.74) is 1.44. The number of nitrogens with zero attached hydrogens (tertiary/aromatic N) is 4. The zero-order valence-electron chi connectivity index (χ0n) is 11.2. The Hall–Kier alpha value is -1.95. The third-order valence-corrected chi connectivity index (χ3v) is 3.16. The maximum absolute atomic E-state index is 11.2. The van der Waals surface area contributed by atoms with E-state index >= 15 is 0 Å². The monoisotopic (exact) mass is 294 g/mol. The molecule has 1 N–H and O–H groups in total. The molecule has 6 nitrogen and oxygen atoms in total. The first-order valence-electron chi connectivity index (χ1n) is 6.23. The molecule has 0 aromatic carbocycles. The van der Waals surface area contributed by atoms with Gasteiger partial charge in [0.2, 0.25) is 0 Å². The van der Waals surface area contributed by atoms with Gasteiger partial charge in [-0.3, -0.25) is 4.98 Å². The van der Waals surface area contributed by atoms with Crippen molar-refractivity contribution in [1.29, 1.82) is 0 Å². The second-order valence-corrected chi connectivity index (χ2v) is 5.32. The molecule has 0 saturated carbocycles. The Bertz CT molecular complexity index is 625. The lowest BCUT2D eigenvalue weighted by atomic mass is 10.1. The SMILES string of the molecule is CC(C)Cc1c(C(=O)O)nnn1Cc1ccncc1Cl. The Morgan fingerprint density at radius 2 is 2.25 bits per heavy atom. The lowest BCUT2D eigenvalue weighted by Crippen LogP contribution is -2.12. The Labute approximate surface area is 121 Å². The van der Waals surface area contributed by atoms with E-state index < -0.39 is 5.97 Å². The maximum Gasteiger partial charge on any atom is 0.358 e. The van der Waals surface area contributed by atoms with Crippen LogP contribution in [0.1, 0.15) is 35.6 Å². The molecule has 2 aromatic heterocycles. The molecule has 0 saturated heterocycles. The van der Waals surface area contributed by atoms with Gasteiger partial charge in [0.1, 0.15) is 0 Å². The fraction of sp³-hybridized carbons (Fsp3) is 0.385. The first-order chi connectivity index (χ1) is 9.49. The summed E-state index contributed by atoms with van der Waals surface area (Å²) >= 11 is 6.06. The van der Waals surface area contributed by atoms with Crippen LogP contribution in [0.15, 0.2) is 18.5 Å².